The summed E-state index contributed by atoms with van der Waals surface area (Å²) in [5.41, 5.74) is -0.286. The van der Waals surface area contributed by atoms with Crippen LogP contribution in [0.3, 0.4) is 0 Å². The zero-order valence-electron chi connectivity index (χ0n) is 9.47. The standard InChI is InChI=1S/C10H13F3O3Si/c1-15-17(14,16-2)4-3-8-9(12)5-7(11)6-10(8)13/h5-6,14H,3-4H2,1-2H3. The van der Waals surface area contributed by atoms with E-state index in [4.69, 9.17) is 8.85 Å². The number of halogens is 3. The van der Waals surface area contributed by atoms with Gasteiger partial charge >= 0.3 is 8.80 Å². The Kier molecular flexibility index (Phi) is 4.69. The molecular formula is C10H13F3O3Si. The molecule has 96 valence electrons. The normalized spacial score (nSPS) is 11.9. The van der Waals surface area contributed by atoms with Crippen molar-refractivity contribution in [2.24, 2.45) is 0 Å². The van der Waals surface area contributed by atoms with Gasteiger partial charge in [-0.15, -0.1) is 0 Å². The van der Waals surface area contributed by atoms with E-state index in [9.17, 15) is 18.0 Å². The zero-order valence-corrected chi connectivity index (χ0v) is 10.5. The zero-order chi connectivity index (χ0) is 13.1. The molecule has 1 aromatic rings. The minimum atomic E-state index is -3.37. The van der Waals surface area contributed by atoms with Crippen LogP contribution in [0.25, 0.3) is 0 Å². The van der Waals surface area contributed by atoms with Crippen molar-refractivity contribution in [1.82, 2.24) is 0 Å². The van der Waals surface area contributed by atoms with Crippen LogP contribution in [0.5, 0.6) is 0 Å². The molecule has 0 aliphatic heterocycles. The number of hydrogen-bond acceptors (Lipinski definition) is 3. The number of benzene rings is 1. The van der Waals surface area contributed by atoms with Crippen LogP contribution in [0, 0.1) is 17.5 Å². The van der Waals surface area contributed by atoms with E-state index < -0.39 is 26.3 Å². The van der Waals surface area contributed by atoms with E-state index in [1.807, 2.05) is 0 Å². The van der Waals surface area contributed by atoms with E-state index in [1.54, 1.807) is 0 Å². The molecule has 17 heavy (non-hydrogen) atoms. The quantitative estimate of drug-likeness (QED) is 0.827. The van der Waals surface area contributed by atoms with E-state index in [2.05, 4.69) is 0 Å². The molecule has 0 saturated heterocycles. The third kappa shape index (κ3) is 3.53. The first-order valence-electron chi connectivity index (χ1n) is 4.88. The molecule has 0 aliphatic rings. The maximum absolute atomic E-state index is 13.3. The van der Waals surface area contributed by atoms with Crippen molar-refractivity contribution in [3.8, 4) is 0 Å². The van der Waals surface area contributed by atoms with Gasteiger partial charge in [-0.3, -0.25) is 0 Å². The Hall–Kier alpha value is -0.893. The second kappa shape index (κ2) is 5.63. The third-order valence-electron chi connectivity index (χ3n) is 2.43. The molecule has 0 aliphatic carbocycles. The minimum Gasteiger partial charge on any atom is -0.390 e. The Balaban J connectivity index is 2.83. The van der Waals surface area contributed by atoms with Crippen LogP contribution in [0.15, 0.2) is 12.1 Å². The molecule has 0 spiro atoms. The maximum atomic E-state index is 13.3. The third-order valence-corrected chi connectivity index (χ3v) is 4.59. The average molecular weight is 266 g/mol. The molecular weight excluding hydrogens is 253 g/mol. The Labute approximate surface area is 98.2 Å². The van der Waals surface area contributed by atoms with Crippen LogP contribution >= 0.6 is 0 Å². The summed E-state index contributed by atoms with van der Waals surface area (Å²) in [4.78, 5) is 9.70. The first kappa shape index (κ1) is 14.2. The highest BCUT2D eigenvalue weighted by atomic mass is 28.4. The second-order valence-electron chi connectivity index (χ2n) is 3.47. The van der Waals surface area contributed by atoms with Crippen molar-refractivity contribution in [3.63, 3.8) is 0 Å². The Morgan fingerprint density at radius 2 is 1.59 bits per heavy atom. The molecule has 3 nitrogen and oxygen atoms in total. The summed E-state index contributed by atoms with van der Waals surface area (Å²) in [6.45, 7) is 0. The van der Waals surface area contributed by atoms with Gasteiger partial charge in [0.25, 0.3) is 0 Å². The van der Waals surface area contributed by atoms with Crippen LogP contribution in [0.2, 0.25) is 6.04 Å². The van der Waals surface area contributed by atoms with Gasteiger partial charge in [-0.2, -0.15) is 0 Å². The van der Waals surface area contributed by atoms with E-state index in [0.29, 0.717) is 12.1 Å². The number of rotatable bonds is 5. The van der Waals surface area contributed by atoms with Crippen LogP contribution in [0.1, 0.15) is 5.56 Å². The van der Waals surface area contributed by atoms with Crippen molar-refractivity contribution in [2.75, 3.05) is 14.2 Å². The van der Waals surface area contributed by atoms with E-state index in [-0.39, 0.29) is 18.0 Å². The highest BCUT2D eigenvalue weighted by molar-refractivity contribution is 6.59. The van der Waals surface area contributed by atoms with Crippen molar-refractivity contribution in [1.29, 1.82) is 0 Å². The van der Waals surface area contributed by atoms with E-state index >= 15 is 0 Å². The fourth-order valence-electron chi connectivity index (χ4n) is 1.38. The van der Waals surface area contributed by atoms with E-state index in [0.717, 1.165) is 0 Å². The summed E-state index contributed by atoms with van der Waals surface area (Å²) in [5.74, 6) is -2.94. The number of hydrogen-bond donors (Lipinski definition) is 1. The minimum absolute atomic E-state index is 0.0422. The van der Waals surface area contributed by atoms with Gasteiger partial charge in [0.1, 0.15) is 17.5 Å². The van der Waals surface area contributed by atoms with Crippen molar-refractivity contribution < 1.29 is 26.8 Å². The van der Waals surface area contributed by atoms with Crippen LogP contribution in [-0.2, 0) is 15.3 Å². The summed E-state index contributed by atoms with van der Waals surface area (Å²) in [6.07, 6.45) is -0.123. The lowest BCUT2D eigenvalue weighted by atomic mass is 10.1. The smallest absolute Gasteiger partial charge is 0.390 e. The fourth-order valence-corrected chi connectivity index (χ4v) is 2.52. The first-order chi connectivity index (χ1) is 7.91. The van der Waals surface area contributed by atoms with Gasteiger partial charge in [0, 0.05) is 38.0 Å². The molecule has 0 radical (unpaired) electrons. The first-order valence-corrected chi connectivity index (χ1v) is 6.85. The molecule has 0 atom stereocenters. The molecule has 1 rings (SSSR count). The molecule has 7 heteroatoms. The molecule has 0 unspecified atom stereocenters. The topological polar surface area (TPSA) is 38.7 Å². The molecule has 0 aromatic heterocycles. The molecule has 0 bridgehead atoms. The van der Waals surface area contributed by atoms with Gasteiger partial charge in [0.15, 0.2) is 0 Å². The molecule has 0 fully saturated rings. The van der Waals surface area contributed by atoms with Gasteiger partial charge in [-0.25, -0.2) is 13.2 Å². The van der Waals surface area contributed by atoms with Gasteiger partial charge in [0.2, 0.25) is 0 Å². The second-order valence-corrected chi connectivity index (χ2v) is 6.21. The van der Waals surface area contributed by atoms with Crippen molar-refractivity contribution in [2.45, 2.75) is 12.5 Å². The highest BCUT2D eigenvalue weighted by Gasteiger charge is 2.34. The molecule has 0 heterocycles. The Morgan fingerprint density at radius 3 is 2.00 bits per heavy atom. The molecule has 0 amide bonds. The van der Waals surface area contributed by atoms with Crippen LogP contribution in [-0.4, -0.2) is 27.8 Å². The predicted octanol–water partition coefficient (Wildman–Crippen LogP) is 1.87. The molecule has 0 saturated carbocycles. The summed E-state index contributed by atoms with van der Waals surface area (Å²) in [7, 11) is -0.853. The Bertz CT molecular complexity index is 373. The van der Waals surface area contributed by atoms with Gasteiger partial charge in [0.05, 0.1) is 0 Å². The van der Waals surface area contributed by atoms with Gasteiger partial charge in [-0.1, -0.05) is 0 Å². The molecule has 1 N–H and O–H groups in total. The van der Waals surface area contributed by atoms with E-state index in [1.165, 1.54) is 14.2 Å². The van der Waals surface area contributed by atoms with Crippen LogP contribution < -0.4 is 0 Å². The predicted molar refractivity (Wildman–Crippen MR) is 56.8 cm³/mol. The lowest BCUT2D eigenvalue weighted by Gasteiger charge is -2.19. The maximum Gasteiger partial charge on any atom is 0.498 e. The summed E-state index contributed by atoms with van der Waals surface area (Å²) in [6, 6.07) is 1.15. The largest absolute Gasteiger partial charge is 0.498 e. The average Bonchev–Trinajstić information content (AvgIpc) is 2.27. The Morgan fingerprint density at radius 1 is 1.12 bits per heavy atom. The molecule has 1 aromatic carbocycles. The van der Waals surface area contributed by atoms with Crippen molar-refractivity contribution in [3.05, 3.63) is 35.1 Å². The van der Waals surface area contributed by atoms with Gasteiger partial charge < -0.3 is 13.6 Å². The fraction of sp³-hybridized carbons (Fsp3) is 0.400. The SMILES string of the molecule is CO[Si](O)(CCc1c(F)cc(F)cc1F)OC. The highest BCUT2D eigenvalue weighted by Crippen LogP contribution is 2.19. The van der Waals surface area contributed by atoms with Crippen molar-refractivity contribution >= 4 is 8.80 Å². The lowest BCUT2D eigenvalue weighted by molar-refractivity contribution is 0.151. The summed E-state index contributed by atoms with van der Waals surface area (Å²) in [5, 5.41) is 0. The summed E-state index contributed by atoms with van der Waals surface area (Å²) >= 11 is 0. The monoisotopic (exact) mass is 266 g/mol. The van der Waals surface area contributed by atoms with Crippen LogP contribution in [0.4, 0.5) is 13.2 Å². The summed E-state index contributed by atoms with van der Waals surface area (Å²) < 4.78 is 48.7. The lowest BCUT2D eigenvalue weighted by Crippen LogP contribution is -2.40. The van der Waals surface area contributed by atoms with Gasteiger partial charge in [-0.05, 0) is 6.42 Å².